The van der Waals surface area contributed by atoms with Crippen molar-refractivity contribution in [1.82, 2.24) is 4.57 Å². The number of ether oxygens (including phenoxy) is 2. The van der Waals surface area contributed by atoms with Crippen molar-refractivity contribution >= 4 is 37.3 Å². The molecule has 9 heteroatoms. The van der Waals surface area contributed by atoms with Crippen molar-refractivity contribution in [3.05, 3.63) is 46.8 Å². The largest absolute Gasteiger partial charge is 0.486 e. The molecule has 0 aliphatic carbocycles. The van der Waals surface area contributed by atoms with Gasteiger partial charge in [0.2, 0.25) is 0 Å². The van der Waals surface area contributed by atoms with Gasteiger partial charge in [-0.1, -0.05) is 11.3 Å². The fourth-order valence-electron chi connectivity index (χ4n) is 2.98. The van der Waals surface area contributed by atoms with Gasteiger partial charge in [0.15, 0.2) is 26.1 Å². The number of benzene rings is 2. The van der Waals surface area contributed by atoms with Gasteiger partial charge < -0.3 is 14.0 Å². The molecule has 2 aromatic carbocycles. The van der Waals surface area contributed by atoms with Crippen LogP contribution in [0.1, 0.15) is 24.2 Å². The maximum absolute atomic E-state index is 12.6. The van der Waals surface area contributed by atoms with Gasteiger partial charge in [-0.3, -0.25) is 4.79 Å². The zero-order valence-corrected chi connectivity index (χ0v) is 17.8. The summed E-state index contributed by atoms with van der Waals surface area (Å²) in [5.41, 5.74) is 1.22. The Labute approximate surface area is 172 Å². The maximum Gasteiger partial charge on any atom is 0.279 e. The average Bonchev–Trinajstić information content (AvgIpc) is 3.00. The van der Waals surface area contributed by atoms with Crippen LogP contribution in [0.15, 0.2) is 46.3 Å². The van der Waals surface area contributed by atoms with Gasteiger partial charge in [0.05, 0.1) is 20.4 Å². The maximum atomic E-state index is 12.6. The number of carbonyl (C=O) groups is 1. The van der Waals surface area contributed by atoms with E-state index < -0.39 is 21.0 Å². The van der Waals surface area contributed by atoms with Crippen LogP contribution >= 0.6 is 11.3 Å². The summed E-state index contributed by atoms with van der Waals surface area (Å²) in [5.74, 6) is 0.931. The normalized spacial score (nSPS) is 14.6. The number of aromatic nitrogens is 1. The van der Waals surface area contributed by atoms with Crippen molar-refractivity contribution < 1.29 is 22.7 Å². The number of nitrogens with zero attached hydrogens (tertiary/aromatic N) is 2. The number of aryl methyl sites for hydroxylation is 1. The zero-order valence-electron chi connectivity index (χ0n) is 16.2. The fourth-order valence-corrected chi connectivity index (χ4v) is 5.07. The highest BCUT2D eigenvalue weighted by atomic mass is 32.2. The Morgan fingerprint density at radius 1 is 1.10 bits per heavy atom. The number of thiazole rings is 1. The number of amides is 1. The Morgan fingerprint density at radius 2 is 1.72 bits per heavy atom. The molecule has 1 amide bonds. The number of fused-ring (bicyclic) bond motifs is 2. The van der Waals surface area contributed by atoms with Gasteiger partial charge in [-0.25, -0.2) is 8.42 Å². The summed E-state index contributed by atoms with van der Waals surface area (Å²) in [5, 5.41) is -0.523. The second-order valence-corrected chi connectivity index (χ2v) is 10.5. The number of carbonyl (C=O) groups excluding carboxylic acids is 1. The van der Waals surface area contributed by atoms with Crippen LogP contribution in [0.25, 0.3) is 10.2 Å². The Morgan fingerprint density at radius 3 is 2.34 bits per heavy atom. The molecular formula is C20H20N2O5S2. The lowest BCUT2D eigenvalue weighted by Gasteiger charge is -2.18. The predicted octanol–water partition coefficient (Wildman–Crippen LogP) is 2.93. The molecule has 7 nitrogen and oxygen atoms in total. The van der Waals surface area contributed by atoms with Gasteiger partial charge in [-0.15, -0.1) is 0 Å². The summed E-state index contributed by atoms with van der Waals surface area (Å²) >= 11 is 1.38. The number of rotatable bonds is 3. The number of hydrogen-bond donors (Lipinski definition) is 0. The van der Waals surface area contributed by atoms with Gasteiger partial charge in [0.25, 0.3) is 5.91 Å². The molecule has 0 unspecified atom stereocenters. The zero-order chi connectivity index (χ0) is 20.8. The minimum atomic E-state index is -3.38. The van der Waals surface area contributed by atoms with E-state index in [4.69, 9.17) is 9.47 Å². The molecular weight excluding hydrogens is 412 g/mol. The Bertz CT molecular complexity index is 1270. The van der Waals surface area contributed by atoms with E-state index in [1.165, 1.54) is 35.6 Å². The number of hydrogen-bond acceptors (Lipinski definition) is 6. The summed E-state index contributed by atoms with van der Waals surface area (Å²) in [4.78, 5) is 17.6. The molecule has 0 atom stereocenters. The number of sulfone groups is 1. The average molecular weight is 433 g/mol. The first-order chi connectivity index (χ1) is 13.8. The van der Waals surface area contributed by atoms with Crippen LogP contribution in [-0.2, 0) is 16.9 Å². The molecule has 1 aromatic heterocycles. The molecule has 3 aromatic rings. The SMILES string of the molecule is CC(C)S(=O)(=O)c1ccc(C(=O)N=c2sc3cc4c(cc3n2C)OCCO4)cc1. The van der Waals surface area contributed by atoms with Crippen molar-refractivity contribution in [3.63, 3.8) is 0 Å². The summed E-state index contributed by atoms with van der Waals surface area (Å²) in [6.45, 7) is 4.26. The van der Waals surface area contributed by atoms with Gasteiger partial charge in [-0.2, -0.15) is 4.99 Å². The molecule has 152 valence electrons. The first kappa shape index (κ1) is 19.7. The van der Waals surface area contributed by atoms with E-state index in [9.17, 15) is 13.2 Å². The summed E-state index contributed by atoms with van der Waals surface area (Å²) in [7, 11) is -1.55. The van der Waals surface area contributed by atoms with Crippen LogP contribution in [0.5, 0.6) is 11.5 Å². The molecule has 2 heterocycles. The minimum Gasteiger partial charge on any atom is -0.486 e. The molecule has 0 radical (unpaired) electrons. The van der Waals surface area contributed by atoms with E-state index in [-0.39, 0.29) is 4.90 Å². The van der Waals surface area contributed by atoms with Crippen LogP contribution < -0.4 is 14.3 Å². The van der Waals surface area contributed by atoms with Gasteiger partial charge in [0, 0.05) is 24.7 Å². The van der Waals surface area contributed by atoms with Crippen LogP contribution in [0.3, 0.4) is 0 Å². The van der Waals surface area contributed by atoms with Crippen molar-refractivity contribution in [2.24, 2.45) is 12.0 Å². The lowest BCUT2D eigenvalue weighted by atomic mass is 10.2. The fraction of sp³-hybridized carbons (Fsp3) is 0.300. The molecule has 1 aliphatic heterocycles. The van der Waals surface area contributed by atoms with Crippen molar-refractivity contribution in [3.8, 4) is 11.5 Å². The third-order valence-electron chi connectivity index (χ3n) is 4.72. The van der Waals surface area contributed by atoms with E-state index in [0.29, 0.717) is 35.1 Å². The second-order valence-electron chi connectivity index (χ2n) is 6.94. The summed E-state index contributed by atoms with van der Waals surface area (Å²) in [6.07, 6.45) is 0. The highest BCUT2D eigenvalue weighted by Gasteiger charge is 2.20. The molecule has 0 spiro atoms. The second kappa shape index (κ2) is 7.31. The molecule has 4 rings (SSSR count). The third kappa shape index (κ3) is 3.56. The van der Waals surface area contributed by atoms with E-state index >= 15 is 0 Å². The highest BCUT2D eigenvalue weighted by molar-refractivity contribution is 7.92. The highest BCUT2D eigenvalue weighted by Crippen LogP contribution is 2.35. The van der Waals surface area contributed by atoms with Crippen molar-refractivity contribution in [1.29, 1.82) is 0 Å². The first-order valence-electron chi connectivity index (χ1n) is 9.09. The molecule has 0 saturated carbocycles. The van der Waals surface area contributed by atoms with E-state index in [1.54, 1.807) is 13.8 Å². The molecule has 0 saturated heterocycles. The van der Waals surface area contributed by atoms with E-state index in [2.05, 4.69) is 4.99 Å². The molecule has 29 heavy (non-hydrogen) atoms. The Kier molecular flexibility index (Phi) is 4.95. The van der Waals surface area contributed by atoms with Crippen LogP contribution in [-0.4, -0.2) is 37.4 Å². The van der Waals surface area contributed by atoms with Crippen molar-refractivity contribution in [2.75, 3.05) is 13.2 Å². The van der Waals surface area contributed by atoms with Gasteiger partial charge in [-0.05, 0) is 38.1 Å². The third-order valence-corrected chi connectivity index (χ3v) is 7.99. The van der Waals surface area contributed by atoms with E-state index in [0.717, 1.165) is 10.2 Å². The topological polar surface area (TPSA) is 87.0 Å². The lowest BCUT2D eigenvalue weighted by molar-refractivity contribution is 0.0998. The molecule has 1 aliphatic rings. The van der Waals surface area contributed by atoms with Gasteiger partial charge in [0.1, 0.15) is 13.2 Å². The van der Waals surface area contributed by atoms with Crippen LogP contribution in [0, 0.1) is 0 Å². The van der Waals surface area contributed by atoms with Crippen LogP contribution in [0.2, 0.25) is 0 Å². The predicted molar refractivity (Wildman–Crippen MR) is 110 cm³/mol. The van der Waals surface area contributed by atoms with E-state index in [1.807, 2.05) is 23.7 Å². The molecule has 0 fully saturated rings. The standard InChI is InChI=1S/C20H20N2O5S2/c1-12(2)29(24,25)14-6-4-13(5-7-14)19(23)21-20-22(3)15-10-16-17(11-18(15)28-20)27-9-8-26-16/h4-7,10-12H,8-9H2,1-3H3. The first-order valence-corrected chi connectivity index (χ1v) is 11.5. The van der Waals surface area contributed by atoms with Gasteiger partial charge >= 0.3 is 0 Å². The Balaban J connectivity index is 1.70. The molecule has 0 N–H and O–H groups in total. The summed E-state index contributed by atoms with van der Waals surface area (Å²) in [6, 6.07) is 9.67. The Hall–Kier alpha value is -2.65. The minimum absolute atomic E-state index is 0.196. The lowest BCUT2D eigenvalue weighted by Crippen LogP contribution is -2.16. The monoisotopic (exact) mass is 432 g/mol. The molecule has 0 bridgehead atoms. The summed E-state index contributed by atoms with van der Waals surface area (Å²) < 4.78 is 38.4. The van der Waals surface area contributed by atoms with Crippen LogP contribution in [0.4, 0.5) is 0 Å². The quantitative estimate of drug-likeness (QED) is 0.635. The smallest absolute Gasteiger partial charge is 0.279 e. The van der Waals surface area contributed by atoms with Crippen molar-refractivity contribution in [2.45, 2.75) is 24.0 Å².